The number of nitrogens with two attached hydrogens (primary N) is 1. The summed E-state index contributed by atoms with van der Waals surface area (Å²) in [7, 11) is 0. The molecule has 19 heavy (non-hydrogen) atoms. The van der Waals surface area contributed by atoms with Gasteiger partial charge in [-0.2, -0.15) is 0 Å². The molecule has 0 saturated heterocycles. The lowest BCUT2D eigenvalue weighted by molar-refractivity contribution is 0.265. The standard InChI is InChI=1S/C15H21Cl2NO/c1-3-19-13-9-11(16)10(8-12(13)17)14(18)15(2)6-4-5-7-15/h8-9,14H,3-7,18H2,1-2H3. The fourth-order valence-corrected chi connectivity index (χ4v) is 3.42. The quantitative estimate of drug-likeness (QED) is 0.852. The van der Waals surface area contributed by atoms with Gasteiger partial charge in [0.25, 0.3) is 0 Å². The number of benzene rings is 1. The Morgan fingerprint density at radius 1 is 1.26 bits per heavy atom. The van der Waals surface area contributed by atoms with Crippen LogP contribution in [-0.2, 0) is 0 Å². The highest BCUT2D eigenvalue weighted by Crippen LogP contribution is 2.48. The summed E-state index contributed by atoms with van der Waals surface area (Å²) in [6, 6.07) is 3.57. The molecule has 1 atom stereocenters. The Kier molecular flexibility index (Phi) is 4.65. The molecule has 0 heterocycles. The van der Waals surface area contributed by atoms with Gasteiger partial charge in [0.15, 0.2) is 0 Å². The zero-order chi connectivity index (χ0) is 14.0. The summed E-state index contributed by atoms with van der Waals surface area (Å²) in [6.45, 7) is 4.73. The van der Waals surface area contributed by atoms with Gasteiger partial charge in [0, 0.05) is 17.1 Å². The van der Waals surface area contributed by atoms with Crippen LogP contribution in [0.3, 0.4) is 0 Å². The van der Waals surface area contributed by atoms with Crippen LogP contribution >= 0.6 is 23.2 Å². The van der Waals surface area contributed by atoms with Gasteiger partial charge in [-0.1, -0.05) is 43.0 Å². The second-order valence-electron chi connectivity index (χ2n) is 5.58. The molecule has 1 unspecified atom stereocenters. The fourth-order valence-electron chi connectivity index (χ4n) is 2.92. The van der Waals surface area contributed by atoms with E-state index in [0.717, 1.165) is 18.4 Å². The zero-order valence-electron chi connectivity index (χ0n) is 11.5. The average molecular weight is 302 g/mol. The van der Waals surface area contributed by atoms with E-state index in [-0.39, 0.29) is 11.5 Å². The largest absolute Gasteiger partial charge is 0.492 e. The van der Waals surface area contributed by atoms with Gasteiger partial charge in [0.05, 0.1) is 11.6 Å². The first-order valence-electron chi connectivity index (χ1n) is 6.85. The van der Waals surface area contributed by atoms with E-state index in [1.54, 1.807) is 6.07 Å². The molecule has 0 aliphatic heterocycles. The maximum atomic E-state index is 6.44. The molecule has 1 aromatic rings. The van der Waals surface area contributed by atoms with Gasteiger partial charge in [-0.15, -0.1) is 0 Å². The first-order chi connectivity index (χ1) is 8.98. The summed E-state index contributed by atoms with van der Waals surface area (Å²) < 4.78 is 5.45. The minimum absolute atomic E-state index is 0.0734. The summed E-state index contributed by atoms with van der Waals surface area (Å²) >= 11 is 12.6. The lowest BCUT2D eigenvalue weighted by Crippen LogP contribution is -2.29. The second kappa shape index (κ2) is 5.90. The Morgan fingerprint density at radius 3 is 2.47 bits per heavy atom. The molecule has 2 N–H and O–H groups in total. The summed E-state index contributed by atoms with van der Waals surface area (Å²) in [5.74, 6) is 0.627. The van der Waals surface area contributed by atoms with Gasteiger partial charge in [-0.3, -0.25) is 0 Å². The normalized spacial score (nSPS) is 19.4. The SMILES string of the molecule is CCOc1cc(Cl)c(C(N)C2(C)CCCC2)cc1Cl. The van der Waals surface area contributed by atoms with Crippen molar-refractivity contribution in [2.45, 2.75) is 45.6 Å². The molecular formula is C15H21Cl2NO. The highest BCUT2D eigenvalue weighted by Gasteiger charge is 2.36. The highest BCUT2D eigenvalue weighted by molar-refractivity contribution is 6.34. The van der Waals surface area contributed by atoms with Gasteiger partial charge >= 0.3 is 0 Å². The zero-order valence-corrected chi connectivity index (χ0v) is 13.0. The fraction of sp³-hybridized carbons (Fsp3) is 0.600. The molecule has 1 fully saturated rings. The minimum Gasteiger partial charge on any atom is -0.492 e. The minimum atomic E-state index is -0.0734. The predicted octanol–water partition coefficient (Wildman–Crippen LogP) is 4.97. The molecule has 1 aliphatic carbocycles. The predicted molar refractivity (Wildman–Crippen MR) is 81.1 cm³/mol. The van der Waals surface area contributed by atoms with Crippen LogP contribution in [0.1, 0.15) is 51.1 Å². The van der Waals surface area contributed by atoms with Crippen molar-refractivity contribution >= 4 is 23.2 Å². The van der Waals surface area contributed by atoms with Crippen LogP contribution in [0.4, 0.5) is 0 Å². The lowest BCUT2D eigenvalue weighted by atomic mass is 9.78. The van der Waals surface area contributed by atoms with Crippen molar-refractivity contribution in [3.63, 3.8) is 0 Å². The van der Waals surface area contributed by atoms with Crippen molar-refractivity contribution in [2.24, 2.45) is 11.1 Å². The van der Waals surface area contributed by atoms with E-state index in [4.69, 9.17) is 33.7 Å². The van der Waals surface area contributed by atoms with Crippen LogP contribution in [-0.4, -0.2) is 6.61 Å². The van der Waals surface area contributed by atoms with E-state index in [2.05, 4.69) is 6.92 Å². The van der Waals surface area contributed by atoms with Gasteiger partial charge in [0.2, 0.25) is 0 Å². The van der Waals surface area contributed by atoms with Gasteiger partial charge < -0.3 is 10.5 Å². The smallest absolute Gasteiger partial charge is 0.139 e. The third-order valence-electron chi connectivity index (χ3n) is 4.18. The topological polar surface area (TPSA) is 35.2 Å². The first kappa shape index (κ1) is 15.0. The molecule has 1 aliphatic rings. The Bertz CT molecular complexity index is 456. The maximum Gasteiger partial charge on any atom is 0.139 e. The lowest BCUT2D eigenvalue weighted by Gasteiger charge is -2.32. The van der Waals surface area contributed by atoms with Crippen LogP contribution in [0.15, 0.2) is 12.1 Å². The molecule has 0 amide bonds. The van der Waals surface area contributed by atoms with Crippen LogP contribution in [0.25, 0.3) is 0 Å². The summed E-state index contributed by atoms with van der Waals surface area (Å²) in [4.78, 5) is 0. The molecule has 2 rings (SSSR count). The molecule has 2 nitrogen and oxygen atoms in total. The molecule has 4 heteroatoms. The van der Waals surface area contributed by atoms with Crippen LogP contribution < -0.4 is 10.5 Å². The van der Waals surface area contributed by atoms with Gasteiger partial charge in [-0.05, 0) is 36.8 Å². The number of rotatable bonds is 4. The van der Waals surface area contributed by atoms with Crippen LogP contribution in [0, 0.1) is 5.41 Å². The third-order valence-corrected chi connectivity index (χ3v) is 4.81. The Labute approximate surface area is 125 Å². The average Bonchev–Trinajstić information content (AvgIpc) is 2.81. The Hall–Kier alpha value is -0.440. The molecule has 0 aromatic heterocycles. The summed E-state index contributed by atoms with van der Waals surface area (Å²) in [5.41, 5.74) is 7.50. The number of hydrogen-bond donors (Lipinski definition) is 1. The summed E-state index contributed by atoms with van der Waals surface area (Å²) in [5, 5.41) is 1.23. The number of hydrogen-bond acceptors (Lipinski definition) is 2. The highest BCUT2D eigenvalue weighted by atomic mass is 35.5. The molecule has 0 radical (unpaired) electrons. The second-order valence-corrected chi connectivity index (χ2v) is 6.39. The Morgan fingerprint density at radius 2 is 1.89 bits per heavy atom. The van der Waals surface area contributed by atoms with Gasteiger partial charge in [-0.25, -0.2) is 0 Å². The third kappa shape index (κ3) is 3.01. The molecule has 1 aromatic carbocycles. The Balaban J connectivity index is 2.32. The molecule has 106 valence electrons. The monoisotopic (exact) mass is 301 g/mol. The molecule has 1 saturated carbocycles. The van der Waals surface area contributed by atoms with E-state index >= 15 is 0 Å². The van der Waals surface area contributed by atoms with Crippen molar-refractivity contribution < 1.29 is 4.74 Å². The molecular weight excluding hydrogens is 281 g/mol. The van der Waals surface area contributed by atoms with Crippen molar-refractivity contribution in [3.8, 4) is 5.75 Å². The first-order valence-corrected chi connectivity index (χ1v) is 7.61. The van der Waals surface area contributed by atoms with Crippen molar-refractivity contribution in [3.05, 3.63) is 27.7 Å². The number of halogens is 2. The van der Waals surface area contributed by atoms with Crippen molar-refractivity contribution in [2.75, 3.05) is 6.61 Å². The van der Waals surface area contributed by atoms with Crippen molar-refractivity contribution in [1.82, 2.24) is 0 Å². The maximum absolute atomic E-state index is 6.44. The molecule has 0 spiro atoms. The van der Waals surface area contributed by atoms with E-state index in [9.17, 15) is 0 Å². The van der Waals surface area contributed by atoms with E-state index in [1.807, 2.05) is 13.0 Å². The van der Waals surface area contributed by atoms with E-state index < -0.39 is 0 Å². The van der Waals surface area contributed by atoms with E-state index in [1.165, 1.54) is 12.8 Å². The van der Waals surface area contributed by atoms with E-state index in [0.29, 0.717) is 22.4 Å². The van der Waals surface area contributed by atoms with Crippen LogP contribution in [0.5, 0.6) is 5.75 Å². The van der Waals surface area contributed by atoms with Crippen LogP contribution in [0.2, 0.25) is 10.0 Å². The van der Waals surface area contributed by atoms with Gasteiger partial charge in [0.1, 0.15) is 5.75 Å². The molecule has 0 bridgehead atoms. The summed E-state index contributed by atoms with van der Waals surface area (Å²) in [6.07, 6.45) is 4.78. The number of ether oxygens (including phenoxy) is 1. The van der Waals surface area contributed by atoms with Crippen molar-refractivity contribution in [1.29, 1.82) is 0 Å².